The molecule has 1 atom stereocenters. The van der Waals surface area contributed by atoms with Crippen molar-refractivity contribution in [3.63, 3.8) is 0 Å². The van der Waals surface area contributed by atoms with Gasteiger partial charge in [-0.05, 0) is 37.2 Å². The molecule has 0 aromatic carbocycles. The lowest BCUT2D eigenvalue weighted by Crippen LogP contribution is -2.56. The van der Waals surface area contributed by atoms with E-state index in [2.05, 4.69) is 36.1 Å². The van der Waals surface area contributed by atoms with E-state index in [4.69, 9.17) is 9.47 Å². The van der Waals surface area contributed by atoms with E-state index in [1.807, 2.05) is 0 Å². The van der Waals surface area contributed by atoms with Crippen molar-refractivity contribution in [2.45, 2.75) is 58.2 Å². The van der Waals surface area contributed by atoms with Crippen molar-refractivity contribution in [3.05, 3.63) is 30.1 Å². The van der Waals surface area contributed by atoms with Crippen molar-refractivity contribution in [3.8, 4) is 5.88 Å². The van der Waals surface area contributed by atoms with Crippen LogP contribution in [0.5, 0.6) is 5.88 Å². The van der Waals surface area contributed by atoms with Crippen LogP contribution in [-0.2, 0) is 4.74 Å². The Morgan fingerprint density at radius 2 is 2.04 bits per heavy atom. The topological polar surface area (TPSA) is 56.3 Å². The minimum absolute atomic E-state index is 0.0744. The van der Waals surface area contributed by atoms with Gasteiger partial charge in [-0.3, -0.25) is 4.98 Å². The third-order valence-electron chi connectivity index (χ3n) is 5.77. The normalized spacial score (nSPS) is 25.7. The Balaban J connectivity index is 1.61. The summed E-state index contributed by atoms with van der Waals surface area (Å²) in [5.41, 5.74) is 1.29. The largest absolute Gasteiger partial charge is 0.481 e. The summed E-state index contributed by atoms with van der Waals surface area (Å²) in [4.78, 5) is 8.53. The van der Waals surface area contributed by atoms with Crippen LogP contribution in [-0.4, -0.2) is 35.3 Å². The second kappa shape index (κ2) is 6.59. The van der Waals surface area contributed by atoms with Gasteiger partial charge < -0.3 is 14.8 Å². The van der Waals surface area contributed by atoms with Crippen LogP contribution >= 0.6 is 0 Å². The van der Waals surface area contributed by atoms with Gasteiger partial charge in [-0.2, -0.15) is 0 Å². The molecule has 2 saturated heterocycles. The van der Waals surface area contributed by atoms with E-state index in [0.29, 0.717) is 29.1 Å². The van der Waals surface area contributed by atoms with Gasteiger partial charge in [-0.25, -0.2) is 9.37 Å². The van der Waals surface area contributed by atoms with Crippen molar-refractivity contribution < 1.29 is 13.9 Å². The quantitative estimate of drug-likeness (QED) is 0.855. The van der Waals surface area contributed by atoms with Gasteiger partial charge in [-0.15, -0.1) is 0 Å². The molecule has 5 nitrogen and oxygen atoms in total. The summed E-state index contributed by atoms with van der Waals surface area (Å²) in [6, 6.07) is 3.52. The number of hydrogen-bond donors (Lipinski definition) is 1. The molecule has 1 saturated carbocycles. The number of hydrogen-bond acceptors (Lipinski definition) is 5. The highest BCUT2D eigenvalue weighted by Gasteiger charge is 2.50. The smallest absolute Gasteiger partial charge is 0.213 e. The van der Waals surface area contributed by atoms with Crippen molar-refractivity contribution in [2.24, 2.45) is 5.41 Å². The highest BCUT2D eigenvalue weighted by Crippen LogP contribution is 2.50. The number of nitrogens with zero attached hydrogens (tertiary/aromatic N) is 2. The van der Waals surface area contributed by atoms with Crippen molar-refractivity contribution in [1.82, 2.24) is 9.97 Å². The fourth-order valence-corrected chi connectivity index (χ4v) is 4.30. The summed E-state index contributed by atoms with van der Waals surface area (Å²) in [7, 11) is 1.55. The minimum atomic E-state index is -0.411. The highest BCUT2D eigenvalue weighted by molar-refractivity contribution is 5.88. The van der Waals surface area contributed by atoms with Crippen LogP contribution in [0, 0.1) is 17.2 Å². The molecule has 2 aromatic rings. The maximum atomic E-state index is 14.6. The van der Waals surface area contributed by atoms with Crippen LogP contribution in [0.4, 0.5) is 10.1 Å². The first-order chi connectivity index (χ1) is 12.8. The third kappa shape index (κ3) is 3.35. The molecule has 1 N–H and O–H groups in total. The first-order valence-corrected chi connectivity index (χ1v) is 9.57. The number of anilines is 1. The molecule has 27 heavy (non-hydrogen) atoms. The van der Waals surface area contributed by atoms with E-state index in [1.165, 1.54) is 12.1 Å². The summed E-state index contributed by atoms with van der Waals surface area (Å²) in [5.74, 6) is 1.55. The van der Waals surface area contributed by atoms with E-state index in [-0.39, 0.29) is 17.1 Å². The summed E-state index contributed by atoms with van der Waals surface area (Å²) < 4.78 is 26.3. The number of aromatic nitrogens is 2. The standard InChI is InChI=1S/C21H27FN3O2/c1-20(2,3)19-13-7-9-21(27-19,10-8-13)12-24-17-14(22)11-23-15-5-6-16(26-4)25-18(15)17/h5-6,11,19H,7-10,12H2,1-4H3,(H,23,24). The van der Waals surface area contributed by atoms with Crippen LogP contribution in [0.25, 0.3) is 11.0 Å². The van der Waals surface area contributed by atoms with Gasteiger partial charge in [0.25, 0.3) is 0 Å². The average molecular weight is 372 g/mol. The summed E-state index contributed by atoms with van der Waals surface area (Å²) >= 11 is 0. The molecule has 2 aromatic heterocycles. The Bertz CT molecular complexity index is 841. The SMILES string of the molecule is COc1ccc2ncc(F)c(NCC34CC[C](CC3)C(C(C)(C)C)O4)c2n1. The number of rotatable bonds is 4. The Morgan fingerprint density at radius 1 is 1.30 bits per heavy atom. The molecule has 0 spiro atoms. The van der Waals surface area contributed by atoms with Crippen molar-refractivity contribution >= 4 is 16.7 Å². The van der Waals surface area contributed by atoms with Gasteiger partial charge in [0.15, 0.2) is 5.82 Å². The molecule has 3 aliphatic rings. The van der Waals surface area contributed by atoms with Gasteiger partial charge in [0.05, 0.1) is 30.5 Å². The van der Waals surface area contributed by atoms with E-state index in [0.717, 1.165) is 25.7 Å². The van der Waals surface area contributed by atoms with E-state index in [9.17, 15) is 4.39 Å². The molecule has 1 unspecified atom stereocenters. The van der Waals surface area contributed by atoms with Crippen LogP contribution in [0.15, 0.2) is 18.3 Å². The van der Waals surface area contributed by atoms with Gasteiger partial charge in [-0.1, -0.05) is 20.8 Å². The van der Waals surface area contributed by atoms with Crippen LogP contribution < -0.4 is 10.1 Å². The Morgan fingerprint density at radius 3 is 2.70 bits per heavy atom. The maximum absolute atomic E-state index is 14.6. The predicted molar refractivity (Wildman–Crippen MR) is 103 cm³/mol. The van der Waals surface area contributed by atoms with Crippen LogP contribution in [0.1, 0.15) is 46.5 Å². The molecular formula is C21H27FN3O2. The number of fused-ring (bicyclic) bond motifs is 4. The monoisotopic (exact) mass is 372 g/mol. The predicted octanol–water partition coefficient (Wildman–Crippen LogP) is 4.52. The highest BCUT2D eigenvalue weighted by atomic mass is 19.1. The molecule has 4 heterocycles. The average Bonchev–Trinajstić information content (AvgIpc) is 2.67. The molecule has 5 rings (SSSR count). The molecule has 6 heteroatoms. The molecule has 2 aliphatic heterocycles. The lowest BCUT2D eigenvalue weighted by molar-refractivity contribution is -0.172. The lowest BCUT2D eigenvalue weighted by atomic mass is 9.67. The summed E-state index contributed by atoms with van der Waals surface area (Å²) in [6.45, 7) is 7.22. The zero-order valence-corrected chi connectivity index (χ0v) is 16.4. The number of pyridine rings is 2. The lowest BCUT2D eigenvalue weighted by Gasteiger charge is -2.54. The summed E-state index contributed by atoms with van der Waals surface area (Å²) in [5, 5.41) is 3.30. The van der Waals surface area contributed by atoms with Gasteiger partial charge >= 0.3 is 0 Å². The molecule has 1 aliphatic carbocycles. The number of nitrogens with one attached hydrogen (secondary N) is 1. The molecule has 145 valence electrons. The third-order valence-corrected chi connectivity index (χ3v) is 5.77. The maximum Gasteiger partial charge on any atom is 0.213 e. The van der Waals surface area contributed by atoms with Crippen LogP contribution in [0.2, 0.25) is 0 Å². The molecule has 3 fully saturated rings. The number of halogens is 1. The first-order valence-electron chi connectivity index (χ1n) is 9.57. The van der Waals surface area contributed by atoms with E-state index in [1.54, 1.807) is 19.2 Å². The minimum Gasteiger partial charge on any atom is -0.481 e. The number of methoxy groups -OCH3 is 1. The Labute approximate surface area is 159 Å². The number of ether oxygens (including phenoxy) is 2. The summed E-state index contributed by atoms with van der Waals surface area (Å²) in [6.07, 6.45) is 5.54. The van der Waals surface area contributed by atoms with Gasteiger partial charge in [0.1, 0.15) is 11.2 Å². The van der Waals surface area contributed by atoms with E-state index >= 15 is 0 Å². The molecule has 0 amide bonds. The van der Waals surface area contributed by atoms with Gasteiger partial charge in [0.2, 0.25) is 5.88 Å². The molecule has 2 bridgehead atoms. The zero-order valence-electron chi connectivity index (χ0n) is 16.4. The van der Waals surface area contributed by atoms with Crippen molar-refractivity contribution in [1.29, 1.82) is 0 Å². The Kier molecular flexibility index (Phi) is 4.49. The van der Waals surface area contributed by atoms with Gasteiger partial charge in [0, 0.05) is 18.5 Å². The zero-order chi connectivity index (χ0) is 19.2. The first kappa shape index (κ1) is 18.4. The second-order valence-corrected chi connectivity index (χ2v) is 8.76. The second-order valence-electron chi connectivity index (χ2n) is 8.76. The molecule has 1 radical (unpaired) electrons. The van der Waals surface area contributed by atoms with E-state index < -0.39 is 5.82 Å². The molecular weight excluding hydrogens is 345 g/mol. The fraction of sp³-hybridized carbons (Fsp3) is 0.571. The van der Waals surface area contributed by atoms with Crippen LogP contribution in [0.3, 0.4) is 0 Å². The Hall–Kier alpha value is -1.95. The fourth-order valence-electron chi connectivity index (χ4n) is 4.30. The van der Waals surface area contributed by atoms with Crippen molar-refractivity contribution in [2.75, 3.05) is 19.0 Å².